The maximum atomic E-state index is 5.79. The molecule has 0 aliphatic carbocycles. The van der Waals surface area contributed by atoms with Gasteiger partial charge in [-0.1, -0.05) is 30.3 Å². The third kappa shape index (κ3) is 2.51. The van der Waals surface area contributed by atoms with Crippen molar-refractivity contribution < 1.29 is 9.15 Å². The Bertz CT molecular complexity index is 716. The van der Waals surface area contributed by atoms with Gasteiger partial charge in [-0.3, -0.25) is 0 Å². The van der Waals surface area contributed by atoms with Gasteiger partial charge in [-0.25, -0.2) is 0 Å². The molecule has 0 fully saturated rings. The van der Waals surface area contributed by atoms with Crippen molar-refractivity contribution in [1.29, 1.82) is 0 Å². The Hall–Kier alpha value is -1.74. The van der Waals surface area contributed by atoms with Crippen LogP contribution in [0.4, 0.5) is 0 Å². The number of hydrogen-bond acceptors (Lipinski definition) is 2. The smallest absolute Gasteiger partial charge is 0.148 e. The molecule has 1 aromatic heterocycles. The van der Waals surface area contributed by atoms with E-state index in [-0.39, 0.29) is 0 Å². The van der Waals surface area contributed by atoms with Gasteiger partial charge < -0.3 is 9.15 Å². The van der Waals surface area contributed by atoms with Crippen molar-refractivity contribution in [3.63, 3.8) is 0 Å². The Morgan fingerprint density at radius 2 is 1.95 bits per heavy atom. The van der Waals surface area contributed by atoms with E-state index in [0.29, 0.717) is 6.61 Å². The highest BCUT2D eigenvalue weighted by Crippen LogP contribution is 2.27. The molecule has 0 atom stereocenters. The quantitative estimate of drug-likeness (QED) is 0.672. The van der Waals surface area contributed by atoms with Gasteiger partial charge in [-0.15, -0.1) is 0 Å². The fourth-order valence-corrected chi connectivity index (χ4v) is 2.48. The lowest BCUT2D eigenvalue weighted by molar-refractivity contribution is 0.273. The number of fused-ring (bicyclic) bond motifs is 1. The van der Waals surface area contributed by atoms with Gasteiger partial charge in [0, 0.05) is 5.39 Å². The molecule has 0 aliphatic rings. The maximum Gasteiger partial charge on any atom is 0.148 e. The second-order valence-corrected chi connectivity index (χ2v) is 5.28. The lowest BCUT2D eigenvalue weighted by Crippen LogP contribution is -1.95. The molecule has 0 spiro atoms. The molecule has 3 heteroatoms. The summed E-state index contributed by atoms with van der Waals surface area (Å²) in [5.41, 5.74) is 1.99. The van der Waals surface area contributed by atoms with Crippen molar-refractivity contribution in [2.75, 3.05) is 0 Å². The van der Waals surface area contributed by atoms with Crippen LogP contribution in [0.15, 0.2) is 57.4 Å². The highest BCUT2D eigenvalue weighted by molar-refractivity contribution is 9.10. The zero-order valence-electron chi connectivity index (χ0n) is 10.5. The molecule has 0 amide bonds. The monoisotopic (exact) mass is 316 g/mol. The molecule has 19 heavy (non-hydrogen) atoms. The summed E-state index contributed by atoms with van der Waals surface area (Å²) >= 11 is 3.48. The highest BCUT2D eigenvalue weighted by atomic mass is 79.9. The van der Waals surface area contributed by atoms with Crippen molar-refractivity contribution in [2.45, 2.75) is 13.5 Å². The Kier molecular flexibility index (Phi) is 3.30. The normalized spacial score (nSPS) is 10.8. The summed E-state index contributed by atoms with van der Waals surface area (Å²) in [6, 6.07) is 16.0. The van der Waals surface area contributed by atoms with Crippen molar-refractivity contribution in [1.82, 2.24) is 0 Å². The minimum absolute atomic E-state index is 0.436. The molecule has 0 saturated heterocycles. The van der Waals surface area contributed by atoms with E-state index >= 15 is 0 Å². The van der Waals surface area contributed by atoms with Crippen molar-refractivity contribution >= 4 is 26.9 Å². The van der Waals surface area contributed by atoms with Crippen LogP contribution in [0.1, 0.15) is 11.3 Å². The lowest BCUT2D eigenvalue weighted by atomic mass is 10.2. The van der Waals surface area contributed by atoms with Crippen LogP contribution < -0.4 is 4.74 Å². The highest BCUT2D eigenvalue weighted by Gasteiger charge is 2.07. The van der Waals surface area contributed by atoms with E-state index in [1.807, 2.05) is 55.5 Å². The molecule has 96 valence electrons. The van der Waals surface area contributed by atoms with E-state index in [0.717, 1.165) is 32.5 Å². The van der Waals surface area contributed by atoms with Crippen molar-refractivity contribution in [3.05, 3.63) is 64.3 Å². The van der Waals surface area contributed by atoms with Gasteiger partial charge in [-0.05, 0) is 46.6 Å². The average molecular weight is 317 g/mol. The summed E-state index contributed by atoms with van der Waals surface area (Å²) in [4.78, 5) is 0. The first-order valence-electron chi connectivity index (χ1n) is 6.09. The number of benzene rings is 2. The SMILES string of the molecule is Cc1ccccc1OCc1cc2cccc(Br)c2o1. The molecule has 0 saturated carbocycles. The molecule has 0 N–H and O–H groups in total. The Morgan fingerprint density at radius 1 is 1.11 bits per heavy atom. The Morgan fingerprint density at radius 3 is 2.74 bits per heavy atom. The number of ether oxygens (including phenoxy) is 1. The summed E-state index contributed by atoms with van der Waals surface area (Å²) in [5, 5.41) is 1.08. The molecular weight excluding hydrogens is 304 g/mol. The summed E-state index contributed by atoms with van der Waals surface area (Å²) in [6.07, 6.45) is 0. The summed E-state index contributed by atoms with van der Waals surface area (Å²) < 4.78 is 12.5. The van der Waals surface area contributed by atoms with Crippen LogP contribution in [-0.4, -0.2) is 0 Å². The number of furan rings is 1. The van der Waals surface area contributed by atoms with E-state index in [2.05, 4.69) is 15.9 Å². The van der Waals surface area contributed by atoms with E-state index < -0.39 is 0 Å². The molecule has 2 aromatic carbocycles. The van der Waals surface area contributed by atoms with Crippen molar-refractivity contribution in [2.24, 2.45) is 0 Å². The Labute approximate surface area is 120 Å². The summed E-state index contributed by atoms with van der Waals surface area (Å²) in [5.74, 6) is 1.71. The first-order chi connectivity index (χ1) is 9.24. The second kappa shape index (κ2) is 5.10. The largest absolute Gasteiger partial charge is 0.485 e. The van der Waals surface area contributed by atoms with Gasteiger partial charge in [0.25, 0.3) is 0 Å². The number of halogens is 1. The number of aryl methyl sites for hydroxylation is 1. The van der Waals surface area contributed by atoms with E-state index in [1.165, 1.54) is 0 Å². The molecule has 0 unspecified atom stereocenters. The third-order valence-corrected chi connectivity index (χ3v) is 3.64. The van der Waals surface area contributed by atoms with Crippen LogP contribution in [0, 0.1) is 6.92 Å². The number of hydrogen-bond donors (Lipinski definition) is 0. The van der Waals surface area contributed by atoms with Gasteiger partial charge in [0.05, 0.1) is 4.47 Å². The molecule has 0 bridgehead atoms. The van der Waals surface area contributed by atoms with Crippen LogP contribution in [0.2, 0.25) is 0 Å². The molecular formula is C16H13BrO2. The second-order valence-electron chi connectivity index (χ2n) is 4.43. The minimum atomic E-state index is 0.436. The lowest BCUT2D eigenvalue weighted by Gasteiger charge is -2.06. The molecule has 0 radical (unpaired) electrons. The predicted octanol–water partition coefficient (Wildman–Crippen LogP) is 5.08. The number of para-hydroxylation sites is 2. The van der Waals surface area contributed by atoms with Crippen LogP contribution in [0.25, 0.3) is 11.0 Å². The molecule has 3 rings (SSSR count). The first kappa shape index (κ1) is 12.3. The zero-order valence-corrected chi connectivity index (χ0v) is 12.1. The van der Waals surface area contributed by atoms with E-state index in [9.17, 15) is 0 Å². The summed E-state index contributed by atoms with van der Waals surface area (Å²) in [7, 11) is 0. The van der Waals surface area contributed by atoms with Crippen LogP contribution in [0.3, 0.4) is 0 Å². The first-order valence-corrected chi connectivity index (χ1v) is 6.89. The fourth-order valence-electron chi connectivity index (χ4n) is 2.02. The summed E-state index contributed by atoms with van der Waals surface area (Å²) in [6.45, 7) is 2.47. The minimum Gasteiger partial charge on any atom is -0.485 e. The molecule has 1 heterocycles. The van der Waals surface area contributed by atoms with Gasteiger partial charge in [0.15, 0.2) is 0 Å². The standard InChI is InChI=1S/C16H13BrO2/c1-11-5-2-3-8-15(11)18-10-13-9-12-6-4-7-14(17)16(12)19-13/h2-9H,10H2,1H3. The number of rotatable bonds is 3. The fraction of sp³-hybridized carbons (Fsp3) is 0.125. The van der Waals surface area contributed by atoms with Crippen LogP contribution >= 0.6 is 15.9 Å². The van der Waals surface area contributed by atoms with Crippen LogP contribution in [-0.2, 0) is 6.61 Å². The Balaban J connectivity index is 1.83. The van der Waals surface area contributed by atoms with Gasteiger partial charge in [0.1, 0.15) is 23.7 Å². The molecule has 2 nitrogen and oxygen atoms in total. The van der Waals surface area contributed by atoms with Gasteiger partial charge in [-0.2, -0.15) is 0 Å². The average Bonchev–Trinajstić information content (AvgIpc) is 2.82. The molecule has 3 aromatic rings. The predicted molar refractivity (Wildman–Crippen MR) is 79.4 cm³/mol. The topological polar surface area (TPSA) is 22.4 Å². The van der Waals surface area contributed by atoms with E-state index in [4.69, 9.17) is 9.15 Å². The van der Waals surface area contributed by atoms with Gasteiger partial charge >= 0.3 is 0 Å². The zero-order chi connectivity index (χ0) is 13.2. The van der Waals surface area contributed by atoms with Crippen molar-refractivity contribution in [3.8, 4) is 5.75 Å². The molecule has 0 aliphatic heterocycles. The third-order valence-electron chi connectivity index (χ3n) is 3.01. The maximum absolute atomic E-state index is 5.79. The van der Waals surface area contributed by atoms with Crippen LogP contribution in [0.5, 0.6) is 5.75 Å². The van der Waals surface area contributed by atoms with E-state index in [1.54, 1.807) is 0 Å². The van der Waals surface area contributed by atoms with Gasteiger partial charge in [0.2, 0.25) is 0 Å².